The molecule has 0 aromatic carbocycles. The average Bonchev–Trinajstić information content (AvgIpc) is 3.09. The summed E-state index contributed by atoms with van der Waals surface area (Å²) in [6, 6.07) is 0. The summed E-state index contributed by atoms with van der Waals surface area (Å²) in [6.07, 6.45) is 7.59. The van der Waals surface area contributed by atoms with Gasteiger partial charge in [0.15, 0.2) is 0 Å². The molecule has 1 saturated carbocycles. The molecule has 0 saturated heterocycles. The van der Waals surface area contributed by atoms with Crippen LogP contribution in [-0.4, -0.2) is 44.3 Å². The second kappa shape index (κ2) is 6.15. The van der Waals surface area contributed by atoms with E-state index in [0.717, 1.165) is 12.5 Å². The first-order chi connectivity index (χ1) is 9.81. The van der Waals surface area contributed by atoms with Gasteiger partial charge in [0.25, 0.3) is 0 Å². The maximum Gasteiger partial charge on any atom is 0.241 e. The topological polar surface area (TPSA) is 77.8 Å². The number of nitrogens with one attached hydrogen (secondary N) is 1. The summed E-state index contributed by atoms with van der Waals surface area (Å²) in [6.45, 7) is 2.11. The summed E-state index contributed by atoms with van der Waals surface area (Å²) in [4.78, 5) is 16.3. The van der Waals surface area contributed by atoms with Crippen LogP contribution < -0.4 is 5.32 Å². The summed E-state index contributed by atoms with van der Waals surface area (Å²) in [5.41, 5.74) is 0. The maximum atomic E-state index is 5.89. The van der Waals surface area contributed by atoms with Gasteiger partial charge in [-0.15, -0.1) is 0 Å². The van der Waals surface area contributed by atoms with Gasteiger partial charge in [0.1, 0.15) is 6.33 Å². The highest BCUT2D eigenvalue weighted by atomic mass is 35.5. The van der Waals surface area contributed by atoms with Gasteiger partial charge in [0, 0.05) is 25.5 Å². The number of imidazole rings is 1. The van der Waals surface area contributed by atoms with Crippen LogP contribution in [0.15, 0.2) is 18.7 Å². The van der Waals surface area contributed by atoms with Gasteiger partial charge >= 0.3 is 0 Å². The van der Waals surface area contributed by atoms with Crippen LogP contribution in [-0.2, 0) is 4.74 Å². The van der Waals surface area contributed by atoms with E-state index in [-0.39, 0.29) is 5.28 Å². The minimum Gasteiger partial charge on any atom is -0.379 e. The SMILES string of the molecule is Clc1nc(NCCOCC2CC2)nc(-n2ccnc2)n1. The number of ether oxygens (including phenoxy) is 1. The number of rotatable bonds is 7. The molecule has 0 atom stereocenters. The van der Waals surface area contributed by atoms with Crippen LogP contribution in [0.5, 0.6) is 0 Å². The predicted molar refractivity (Wildman–Crippen MR) is 74.0 cm³/mol. The number of hydrogen-bond donors (Lipinski definition) is 1. The van der Waals surface area contributed by atoms with E-state index in [1.807, 2.05) is 0 Å². The molecule has 0 unspecified atom stereocenters. The molecule has 2 aromatic heterocycles. The lowest BCUT2D eigenvalue weighted by Gasteiger charge is -2.07. The Balaban J connectivity index is 1.55. The van der Waals surface area contributed by atoms with E-state index in [0.29, 0.717) is 25.0 Å². The van der Waals surface area contributed by atoms with Crippen LogP contribution in [0.4, 0.5) is 5.95 Å². The van der Waals surface area contributed by atoms with Gasteiger partial charge < -0.3 is 10.1 Å². The lowest BCUT2D eigenvalue weighted by Crippen LogP contribution is -2.14. The third-order valence-electron chi connectivity index (χ3n) is 2.91. The summed E-state index contributed by atoms with van der Waals surface area (Å²) >= 11 is 5.89. The van der Waals surface area contributed by atoms with Crippen molar-refractivity contribution in [3.8, 4) is 5.95 Å². The quantitative estimate of drug-likeness (QED) is 0.781. The van der Waals surface area contributed by atoms with Gasteiger partial charge in [-0.25, -0.2) is 4.98 Å². The number of halogens is 1. The van der Waals surface area contributed by atoms with E-state index in [1.54, 1.807) is 23.3 Å². The molecular formula is C12H15ClN6O. The normalized spacial score (nSPS) is 14.4. The lowest BCUT2D eigenvalue weighted by atomic mass is 10.5. The Morgan fingerprint density at radius 3 is 3.00 bits per heavy atom. The second-order valence-electron chi connectivity index (χ2n) is 4.64. The number of aromatic nitrogens is 5. The standard InChI is InChI=1S/C12H15ClN6O/c13-10-16-11(15-4-6-20-7-9-1-2-9)18-12(17-10)19-5-3-14-8-19/h3,5,8-9H,1-2,4,6-7H2,(H,15,16,17,18). The Morgan fingerprint density at radius 2 is 2.25 bits per heavy atom. The van der Waals surface area contributed by atoms with Gasteiger partial charge in [0.2, 0.25) is 17.2 Å². The molecule has 0 amide bonds. The molecule has 3 rings (SSSR count). The molecule has 1 fully saturated rings. The van der Waals surface area contributed by atoms with Crippen molar-refractivity contribution >= 4 is 17.5 Å². The van der Waals surface area contributed by atoms with Crippen LogP contribution in [0.3, 0.4) is 0 Å². The highest BCUT2D eigenvalue weighted by Crippen LogP contribution is 2.28. The predicted octanol–water partition coefficient (Wildman–Crippen LogP) is 1.55. The smallest absolute Gasteiger partial charge is 0.241 e. The second-order valence-corrected chi connectivity index (χ2v) is 4.98. The zero-order chi connectivity index (χ0) is 13.8. The minimum atomic E-state index is 0.144. The summed E-state index contributed by atoms with van der Waals surface area (Å²) < 4.78 is 7.20. The van der Waals surface area contributed by atoms with E-state index in [1.165, 1.54) is 12.8 Å². The molecular weight excluding hydrogens is 280 g/mol. The van der Waals surface area contributed by atoms with Crippen molar-refractivity contribution in [1.82, 2.24) is 24.5 Å². The molecule has 8 heteroatoms. The van der Waals surface area contributed by atoms with Gasteiger partial charge in [-0.2, -0.15) is 15.0 Å². The van der Waals surface area contributed by atoms with Gasteiger partial charge in [-0.05, 0) is 30.4 Å². The van der Waals surface area contributed by atoms with E-state index in [2.05, 4.69) is 25.3 Å². The number of anilines is 1. The molecule has 1 aliphatic carbocycles. The fraction of sp³-hybridized carbons (Fsp3) is 0.500. The molecule has 2 aromatic rings. The van der Waals surface area contributed by atoms with Crippen LogP contribution >= 0.6 is 11.6 Å². The van der Waals surface area contributed by atoms with Gasteiger partial charge in [-0.3, -0.25) is 4.57 Å². The Morgan fingerprint density at radius 1 is 1.35 bits per heavy atom. The van der Waals surface area contributed by atoms with E-state index in [9.17, 15) is 0 Å². The largest absolute Gasteiger partial charge is 0.379 e. The van der Waals surface area contributed by atoms with Crippen molar-refractivity contribution < 1.29 is 4.74 Å². The van der Waals surface area contributed by atoms with Crippen molar-refractivity contribution in [3.05, 3.63) is 24.0 Å². The Labute approximate surface area is 121 Å². The molecule has 106 valence electrons. The van der Waals surface area contributed by atoms with Crippen molar-refractivity contribution in [2.45, 2.75) is 12.8 Å². The van der Waals surface area contributed by atoms with Gasteiger partial charge in [0.05, 0.1) is 6.61 Å². The zero-order valence-corrected chi connectivity index (χ0v) is 11.6. The molecule has 0 aliphatic heterocycles. The third-order valence-corrected chi connectivity index (χ3v) is 3.08. The minimum absolute atomic E-state index is 0.144. The van der Waals surface area contributed by atoms with Crippen molar-refractivity contribution in [2.75, 3.05) is 25.1 Å². The average molecular weight is 295 g/mol. The van der Waals surface area contributed by atoms with Crippen molar-refractivity contribution in [2.24, 2.45) is 5.92 Å². The molecule has 7 nitrogen and oxygen atoms in total. The number of hydrogen-bond acceptors (Lipinski definition) is 6. The van der Waals surface area contributed by atoms with Crippen molar-refractivity contribution in [1.29, 1.82) is 0 Å². The van der Waals surface area contributed by atoms with Crippen molar-refractivity contribution in [3.63, 3.8) is 0 Å². The lowest BCUT2D eigenvalue weighted by molar-refractivity contribution is 0.133. The molecule has 20 heavy (non-hydrogen) atoms. The highest BCUT2D eigenvalue weighted by Gasteiger charge is 2.20. The first kappa shape index (κ1) is 13.3. The zero-order valence-electron chi connectivity index (χ0n) is 10.9. The van der Waals surface area contributed by atoms with E-state index in [4.69, 9.17) is 16.3 Å². The summed E-state index contributed by atoms with van der Waals surface area (Å²) in [5.74, 6) is 1.64. The highest BCUT2D eigenvalue weighted by molar-refractivity contribution is 6.28. The molecule has 2 heterocycles. The molecule has 0 spiro atoms. The Kier molecular flexibility index (Phi) is 4.08. The fourth-order valence-corrected chi connectivity index (χ4v) is 1.84. The maximum absolute atomic E-state index is 5.89. The van der Waals surface area contributed by atoms with E-state index >= 15 is 0 Å². The fourth-order valence-electron chi connectivity index (χ4n) is 1.68. The summed E-state index contributed by atoms with van der Waals surface area (Å²) in [5, 5.41) is 3.22. The first-order valence-electron chi connectivity index (χ1n) is 6.53. The monoisotopic (exact) mass is 294 g/mol. The molecule has 1 aliphatic rings. The first-order valence-corrected chi connectivity index (χ1v) is 6.90. The number of nitrogens with zero attached hydrogens (tertiary/aromatic N) is 5. The Hall–Kier alpha value is -1.73. The van der Waals surface area contributed by atoms with Gasteiger partial charge in [-0.1, -0.05) is 0 Å². The molecule has 0 radical (unpaired) electrons. The van der Waals surface area contributed by atoms with Crippen LogP contribution in [0, 0.1) is 5.92 Å². The van der Waals surface area contributed by atoms with Crippen LogP contribution in [0.25, 0.3) is 5.95 Å². The Bertz CT molecular complexity index is 557. The third kappa shape index (κ3) is 3.64. The van der Waals surface area contributed by atoms with Crippen LogP contribution in [0.1, 0.15) is 12.8 Å². The summed E-state index contributed by atoms with van der Waals surface area (Å²) in [7, 11) is 0. The van der Waals surface area contributed by atoms with E-state index < -0.39 is 0 Å². The molecule has 0 bridgehead atoms. The van der Waals surface area contributed by atoms with Crippen LogP contribution in [0.2, 0.25) is 5.28 Å². The molecule has 1 N–H and O–H groups in total.